The van der Waals surface area contributed by atoms with Crippen molar-refractivity contribution in [2.75, 3.05) is 0 Å². The first-order valence-electron chi connectivity index (χ1n) is 6.83. The smallest absolute Gasteiger partial charge is 0.0948 e. The molecule has 3 aromatic rings. The lowest BCUT2D eigenvalue weighted by Gasteiger charge is -2.10. The highest BCUT2D eigenvalue weighted by atomic mass is 15.1. The SMILES string of the molecule is CCCn1cncc1Cn1c(C)cc2ccccc21. The van der Waals surface area contributed by atoms with Gasteiger partial charge in [0.15, 0.2) is 0 Å². The van der Waals surface area contributed by atoms with E-state index in [2.05, 4.69) is 58.3 Å². The van der Waals surface area contributed by atoms with Crippen molar-refractivity contribution in [2.45, 2.75) is 33.4 Å². The second-order valence-corrected chi connectivity index (χ2v) is 5.01. The number of aromatic nitrogens is 3. The number of benzene rings is 1. The van der Waals surface area contributed by atoms with Crippen molar-refractivity contribution in [3.05, 3.63) is 54.2 Å². The molecule has 19 heavy (non-hydrogen) atoms. The van der Waals surface area contributed by atoms with Crippen molar-refractivity contribution in [3.8, 4) is 0 Å². The van der Waals surface area contributed by atoms with Gasteiger partial charge in [-0.1, -0.05) is 25.1 Å². The van der Waals surface area contributed by atoms with Crippen LogP contribution in [0.25, 0.3) is 10.9 Å². The molecule has 98 valence electrons. The van der Waals surface area contributed by atoms with Gasteiger partial charge in [0.1, 0.15) is 0 Å². The first kappa shape index (κ1) is 12.0. The van der Waals surface area contributed by atoms with Gasteiger partial charge < -0.3 is 9.13 Å². The molecule has 1 aromatic carbocycles. The molecule has 0 bridgehead atoms. The summed E-state index contributed by atoms with van der Waals surface area (Å²) in [6, 6.07) is 10.8. The predicted octanol–water partition coefficient (Wildman–Crippen LogP) is 3.60. The number of para-hydroxylation sites is 1. The highest BCUT2D eigenvalue weighted by molar-refractivity contribution is 5.81. The molecule has 0 unspecified atom stereocenters. The number of rotatable bonds is 4. The Hall–Kier alpha value is -2.03. The van der Waals surface area contributed by atoms with Crippen LogP contribution in [0.5, 0.6) is 0 Å². The first-order chi connectivity index (χ1) is 9.29. The van der Waals surface area contributed by atoms with Crippen LogP contribution in [0, 0.1) is 6.92 Å². The Labute approximate surface area is 113 Å². The number of imidazole rings is 1. The van der Waals surface area contributed by atoms with Crippen LogP contribution in [-0.4, -0.2) is 14.1 Å². The third-order valence-corrected chi connectivity index (χ3v) is 3.60. The minimum atomic E-state index is 0.888. The van der Waals surface area contributed by atoms with Crippen molar-refractivity contribution >= 4 is 10.9 Å². The summed E-state index contributed by atoms with van der Waals surface area (Å²) in [5.41, 5.74) is 3.86. The maximum absolute atomic E-state index is 4.28. The average molecular weight is 253 g/mol. The summed E-state index contributed by atoms with van der Waals surface area (Å²) in [5.74, 6) is 0. The van der Waals surface area contributed by atoms with Crippen LogP contribution in [0.4, 0.5) is 0 Å². The topological polar surface area (TPSA) is 22.8 Å². The lowest BCUT2D eigenvalue weighted by atomic mass is 10.2. The van der Waals surface area contributed by atoms with Crippen molar-refractivity contribution in [1.82, 2.24) is 14.1 Å². The van der Waals surface area contributed by atoms with E-state index < -0.39 is 0 Å². The highest BCUT2D eigenvalue weighted by Gasteiger charge is 2.08. The fraction of sp³-hybridized carbons (Fsp3) is 0.312. The molecule has 0 aliphatic rings. The molecule has 0 aliphatic heterocycles. The Balaban J connectivity index is 2.01. The van der Waals surface area contributed by atoms with Crippen molar-refractivity contribution in [3.63, 3.8) is 0 Å². The van der Waals surface area contributed by atoms with Gasteiger partial charge in [-0.25, -0.2) is 4.98 Å². The van der Waals surface area contributed by atoms with E-state index in [9.17, 15) is 0 Å². The van der Waals surface area contributed by atoms with Crippen molar-refractivity contribution < 1.29 is 0 Å². The van der Waals surface area contributed by atoms with E-state index in [4.69, 9.17) is 0 Å². The summed E-state index contributed by atoms with van der Waals surface area (Å²) in [5, 5.41) is 1.31. The molecule has 0 saturated heterocycles. The maximum atomic E-state index is 4.28. The molecule has 3 rings (SSSR count). The third kappa shape index (κ3) is 2.16. The zero-order chi connectivity index (χ0) is 13.2. The van der Waals surface area contributed by atoms with Gasteiger partial charge in [0.25, 0.3) is 0 Å². The van der Waals surface area contributed by atoms with Gasteiger partial charge in [0.05, 0.1) is 18.6 Å². The number of hydrogen-bond donors (Lipinski definition) is 0. The first-order valence-corrected chi connectivity index (χ1v) is 6.83. The average Bonchev–Trinajstić information content (AvgIpc) is 2.97. The van der Waals surface area contributed by atoms with Gasteiger partial charge in [-0.05, 0) is 30.9 Å². The fourth-order valence-corrected chi connectivity index (χ4v) is 2.64. The maximum Gasteiger partial charge on any atom is 0.0948 e. The van der Waals surface area contributed by atoms with Crippen LogP contribution in [-0.2, 0) is 13.1 Å². The second-order valence-electron chi connectivity index (χ2n) is 5.01. The molecule has 3 nitrogen and oxygen atoms in total. The van der Waals surface area contributed by atoms with E-state index in [-0.39, 0.29) is 0 Å². The van der Waals surface area contributed by atoms with Gasteiger partial charge in [-0.3, -0.25) is 0 Å². The van der Waals surface area contributed by atoms with Gasteiger partial charge in [-0.2, -0.15) is 0 Å². The number of hydrogen-bond acceptors (Lipinski definition) is 1. The lowest BCUT2D eigenvalue weighted by Crippen LogP contribution is -2.07. The minimum absolute atomic E-state index is 0.888. The van der Waals surface area contributed by atoms with Crippen molar-refractivity contribution in [1.29, 1.82) is 0 Å². The van der Waals surface area contributed by atoms with Crippen LogP contribution < -0.4 is 0 Å². The molecule has 0 fully saturated rings. The Morgan fingerprint density at radius 3 is 2.89 bits per heavy atom. The number of aryl methyl sites for hydroxylation is 2. The Morgan fingerprint density at radius 2 is 2.05 bits per heavy atom. The standard InChI is InChI=1S/C16H19N3/c1-3-8-18-12-17-10-15(18)11-19-13(2)9-14-6-4-5-7-16(14)19/h4-7,9-10,12H,3,8,11H2,1-2H3. The van der Waals surface area contributed by atoms with Crippen LogP contribution in [0.3, 0.4) is 0 Å². The highest BCUT2D eigenvalue weighted by Crippen LogP contribution is 2.20. The lowest BCUT2D eigenvalue weighted by molar-refractivity contribution is 0.625. The van der Waals surface area contributed by atoms with E-state index in [1.807, 2.05) is 12.5 Å². The predicted molar refractivity (Wildman–Crippen MR) is 78.3 cm³/mol. The Morgan fingerprint density at radius 1 is 1.21 bits per heavy atom. The van der Waals surface area contributed by atoms with E-state index >= 15 is 0 Å². The monoisotopic (exact) mass is 253 g/mol. The van der Waals surface area contributed by atoms with E-state index in [1.54, 1.807) is 0 Å². The normalized spacial score (nSPS) is 11.3. The summed E-state index contributed by atoms with van der Waals surface area (Å²) in [7, 11) is 0. The van der Waals surface area contributed by atoms with Gasteiger partial charge in [-0.15, -0.1) is 0 Å². The molecule has 0 spiro atoms. The van der Waals surface area contributed by atoms with Crippen LogP contribution in [0.1, 0.15) is 24.7 Å². The summed E-state index contributed by atoms with van der Waals surface area (Å²) in [6.07, 6.45) is 5.04. The number of nitrogens with zero attached hydrogens (tertiary/aromatic N) is 3. The van der Waals surface area contributed by atoms with Gasteiger partial charge >= 0.3 is 0 Å². The summed E-state index contributed by atoms with van der Waals surface area (Å²) in [4.78, 5) is 4.28. The van der Waals surface area contributed by atoms with Crippen LogP contribution in [0.2, 0.25) is 0 Å². The van der Waals surface area contributed by atoms with Crippen molar-refractivity contribution in [2.24, 2.45) is 0 Å². The van der Waals surface area contributed by atoms with E-state index in [0.717, 1.165) is 19.5 Å². The molecule has 2 heterocycles. The molecular weight excluding hydrogens is 234 g/mol. The molecule has 2 aromatic heterocycles. The minimum Gasteiger partial charge on any atom is -0.339 e. The third-order valence-electron chi connectivity index (χ3n) is 3.60. The second kappa shape index (κ2) is 4.92. The molecule has 0 saturated carbocycles. The zero-order valence-corrected chi connectivity index (χ0v) is 11.5. The number of fused-ring (bicyclic) bond motifs is 1. The fourth-order valence-electron chi connectivity index (χ4n) is 2.64. The zero-order valence-electron chi connectivity index (χ0n) is 11.5. The van der Waals surface area contributed by atoms with E-state index in [0.29, 0.717) is 0 Å². The van der Waals surface area contributed by atoms with Gasteiger partial charge in [0, 0.05) is 24.0 Å². The summed E-state index contributed by atoms with van der Waals surface area (Å²) >= 11 is 0. The summed E-state index contributed by atoms with van der Waals surface area (Å²) < 4.78 is 4.60. The Bertz CT molecular complexity index is 691. The van der Waals surface area contributed by atoms with Gasteiger partial charge in [0.2, 0.25) is 0 Å². The molecular formula is C16H19N3. The Kier molecular flexibility index (Phi) is 3.11. The largest absolute Gasteiger partial charge is 0.339 e. The molecule has 0 aliphatic carbocycles. The molecule has 3 heteroatoms. The van der Waals surface area contributed by atoms with E-state index in [1.165, 1.54) is 22.3 Å². The summed E-state index contributed by atoms with van der Waals surface area (Å²) in [6.45, 7) is 6.29. The molecule has 0 N–H and O–H groups in total. The van der Waals surface area contributed by atoms with Crippen LogP contribution in [0.15, 0.2) is 42.9 Å². The molecule has 0 radical (unpaired) electrons. The quantitative estimate of drug-likeness (QED) is 0.696. The molecule has 0 amide bonds. The van der Waals surface area contributed by atoms with Crippen LogP contribution >= 0.6 is 0 Å². The molecule has 0 atom stereocenters.